The third-order valence-corrected chi connectivity index (χ3v) is 5.13. The predicted octanol–water partition coefficient (Wildman–Crippen LogP) is 3.00. The number of likely N-dealkylation sites (tertiary alicyclic amines) is 1. The highest BCUT2D eigenvalue weighted by atomic mass is 16.4. The van der Waals surface area contributed by atoms with Crippen molar-refractivity contribution in [2.45, 2.75) is 70.3 Å². The molecule has 1 aliphatic heterocycles. The van der Waals surface area contributed by atoms with Crippen molar-refractivity contribution < 1.29 is 14.7 Å². The van der Waals surface area contributed by atoms with E-state index in [9.17, 15) is 9.59 Å². The van der Waals surface area contributed by atoms with Gasteiger partial charge in [0.2, 0.25) is 0 Å². The van der Waals surface area contributed by atoms with Crippen LogP contribution in [0.4, 0.5) is 4.79 Å². The molecule has 0 aromatic rings. The lowest BCUT2D eigenvalue weighted by molar-refractivity contribution is -0.138. The summed E-state index contributed by atoms with van der Waals surface area (Å²) in [6.45, 7) is 3.81. The van der Waals surface area contributed by atoms with Gasteiger partial charge >= 0.3 is 12.0 Å². The molecule has 0 spiro atoms. The van der Waals surface area contributed by atoms with E-state index in [1.807, 2.05) is 4.90 Å². The van der Waals surface area contributed by atoms with E-state index >= 15 is 0 Å². The molecule has 5 nitrogen and oxygen atoms in total. The van der Waals surface area contributed by atoms with Crippen molar-refractivity contribution in [1.82, 2.24) is 10.2 Å². The zero-order valence-corrected chi connectivity index (χ0v) is 13.1. The Morgan fingerprint density at radius 1 is 1.19 bits per heavy atom. The van der Waals surface area contributed by atoms with Gasteiger partial charge in [0.15, 0.2) is 0 Å². The molecule has 2 fully saturated rings. The molecule has 21 heavy (non-hydrogen) atoms. The summed E-state index contributed by atoms with van der Waals surface area (Å²) in [5, 5.41) is 12.2. The number of nitrogens with zero attached hydrogens (tertiary/aromatic N) is 1. The molecule has 0 radical (unpaired) electrons. The van der Waals surface area contributed by atoms with Gasteiger partial charge in [0.25, 0.3) is 0 Å². The number of rotatable bonds is 4. The Bertz CT molecular complexity index is 378. The van der Waals surface area contributed by atoms with E-state index in [4.69, 9.17) is 5.11 Å². The Labute approximate surface area is 127 Å². The molecule has 2 amide bonds. The minimum Gasteiger partial charge on any atom is -0.481 e. The Morgan fingerprint density at radius 3 is 2.52 bits per heavy atom. The summed E-state index contributed by atoms with van der Waals surface area (Å²) in [4.78, 5) is 25.5. The lowest BCUT2D eigenvalue weighted by atomic mass is 9.93. The molecule has 0 aromatic carbocycles. The van der Waals surface area contributed by atoms with Gasteiger partial charge < -0.3 is 15.3 Å². The highest BCUT2D eigenvalue weighted by Gasteiger charge is 2.38. The second-order valence-corrected chi connectivity index (χ2v) is 6.68. The van der Waals surface area contributed by atoms with E-state index < -0.39 is 11.5 Å². The summed E-state index contributed by atoms with van der Waals surface area (Å²) in [5.41, 5.74) is -0.515. The number of carboxylic acid groups (broad SMARTS) is 1. The standard InChI is InChI=1S/C16H28N2O3/c1-2-13-6-5-10-18(11-7-13)15(21)17-16(12-14(19)20)8-3-4-9-16/h13H,2-12H2,1H3,(H,17,21)(H,19,20). The van der Waals surface area contributed by atoms with E-state index in [0.29, 0.717) is 0 Å². The van der Waals surface area contributed by atoms with Gasteiger partial charge in [0.05, 0.1) is 12.0 Å². The van der Waals surface area contributed by atoms with Crippen molar-refractivity contribution in [2.75, 3.05) is 13.1 Å². The first-order valence-electron chi connectivity index (χ1n) is 8.33. The summed E-state index contributed by atoms with van der Waals surface area (Å²) in [6.07, 6.45) is 8.13. The van der Waals surface area contributed by atoms with Gasteiger partial charge in [-0.05, 0) is 38.0 Å². The van der Waals surface area contributed by atoms with Crippen LogP contribution in [0.2, 0.25) is 0 Å². The lowest BCUT2D eigenvalue weighted by Gasteiger charge is -2.32. The number of hydrogen-bond acceptors (Lipinski definition) is 2. The number of hydrogen-bond donors (Lipinski definition) is 2. The second-order valence-electron chi connectivity index (χ2n) is 6.68. The van der Waals surface area contributed by atoms with Crippen molar-refractivity contribution in [3.63, 3.8) is 0 Å². The van der Waals surface area contributed by atoms with E-state index in [1.54, 1.807) is 0 Å². The third-order valence-electron chi connectivity index (χ3n) is 5.13. The smallest absolute Gasteiger partial charge is 0.317 e. The van der Waals surface area contributed by atoms with Crippen LogP contribution in [0.25, 0.3) is 0 Å². The monoisotopic (exact) mass is 296 g/mol. The van der Waals surface area contributed by atoms with Crippen molar-refractivity contribution >= 4 is 12.0 Å². The molecule has 5 heteroatoms. The van der Waals surface area contributed by atoms with Crippen LogP contribution in [0.5, 0.6) is 0 Å². The van der Waals surface area contributed by atoms with Gasteiger partial charge in [0.1, 0.15) is 0 Å². The lowest BCUT2D eigenvalue weighted by Crippen LogP contribution is -2.53. The topological polar surface area (TPSA) is 69.6 Å². The first-order chi connectivity index (χ1) is 10.0. The molecule has 1 atom stereocenters. The quantitative estimate of drug-likeness (QED) is 0.838. The van der Waals surface area contributed by atoms with E-state index in [0.717, 1.165) is 57.5 Å². The summed E-state index contributed by atoms with van der Waals surface area (Å²) in [5.74, 6) is -0.0960. The molecule has 1 unspecified atom stereocenters. The van der Waals surface area contributed by atoms with Crippen LogP contribution in [0.15, 0.2) is 0 Å². The van der Waals surface area contributed by atoms with Gasteiger partial charge in [-0.2, -0.15) is 0 Å². The number of nitrogens with one attached hydrogen (secondary N) is 1. The second kappa shape index (κ2) is 7.14. The predicted molar refractivity (Wildman–Crippen MR) is 81.2 cm³/mol. The average Bonchev–Trinajstić information content (AvgIpc) is 2.74. The summed E-state index contributed by atoms with van der Waals surface area (Å²) in [7, 11) is 0. The molecule has 2 N–H and O–H groups in total. The highest BCUT2D eigenvalue weighted by Crippen LogP contribution is 2.33. The Kier molecular flexibility index (Phi) is 5.48. The fourth-order valence-corrected chi connectivity index (χ4v) is 3.77. The molecule has 1 saturated carbocycles. The number of carbonyl (C=O) groups excluding carboxylic acids is 1. The molecular weight excluding hydrogens is 268 g/mol. The van der Waals surface area contributed by atoms with E-state index in [-0.39, 0.29) is 12.5 Å². The van der Waals surface area contributed by atoms with Crippen LogP contribution in [-0.4, -0.2) is 40.6 Å². The Balaban J connectivity index is 1.94. The van der Waals surface area contributed by atoms with Crippen LogP contribution in [0.3, 0.4) is 0 Å². The van der Waals surface area contributed by atoms with Crippen LogP contribution in [-0.2, 0) is 4.79 Å². The fraction of sp³-hybridized carbons (Fsp3) is 0.875. The zero-order chi connectivity index (χ0) is 15.3. The van der Waals surface area contributed by atoms with Crippen LogP contribution in [0, 0.1) is 5.92 Å². The van der Waals surface area contributed by atoms with Crippen molar-refractivity contribution in [1.29, 1.82) is 0 Å². The van der Waals surface area contributed by atoms with Crippen molar-refractivity contribution in [3.05, 3.63) is 0 Å². The summed E-state index contributed by atoms with van der Waals surface area (Å²) in [6, 6.07) is -0.0603. The van der Waals surface area contributed by atoms with Gasteiger partial charge in [0, 0.05) is 13.1 Å². The van der Waals surface area contributed by atoms with Crippen LogP contribution in [0.1, 0.15) is 64.7 Å². The minimum atomic E-state index is -0.820. The van der Waals surface area contributed by atoms with E-state index in [2.05, 4.69) is 12.2 Å². The minimum absolute atomic E-state index is 0.0458. The fourth-order valence-electron chi connectivity index (χ4n) is 3.77. The summed E-state index contributed by atoms with van der Waals surface area (Å²) >= 11 is 0. The van der Waals surface area contributed by atoms with E-state index in [1.165, 1.54) is 12.8 Å². The van der Waals surface area contributed by atoms with Crippen molar-refractivity contribution in [2.24, 2.45) is 5.92 Å². The first-order valence-corrected chi connectivity index (χ1v) is 8.33. The molecule has 0 aromatic heterocycles. The number of urea groups is 1. The van der Waals surface area contributed by atoms with Gasteiger partial charge in [-0.15, -0.1) is 0 Å². The zero-order valence-electron chi connectivity index (χ0n) is 13.1. The Hall–Kier alpha value is -1.26. The molecule has 2 rings (SSSR count). The van der Waals surface area contributed by atoms with Crippen molar-refractivity contribution in [3.8, 4) is 0 Å². The maximum absolute atomic E-state index is 12.5. The average molecular weight is 296 g/mol. The maximum atomic E-state index is 12.5. The molecular formula is C16H28N2O3. The number of amides is 2. The Morgan fingerprint density at radius 2 is 1.90 bits per heavy atom. The maximum Gasteiger partial charge on any atom is 0.317 e. The summed E-state index contributed by atoms with van der Waals surface area (Å²) < 4.78 is 0. The molecule has 0 bridgehead atoms. The normalized spacial score (nSPS) is 25.4. The first kappa shape index (κ1) is 16.1. The third kappa shape index (κ3) is 4.35. The van der Waals surface area contributed by atoms with Crippen LogP contribution < -0.4 is 5.32 Å². The largest absolute Gasteiger partial charge is 0.481 e. The molecule has 1 aliphatic carbocycles. The molecule has 2 aliphatic rings. The van der Waals surface area contributed by atoms with Gasteiger partial charge in [-0.25, -0.2) is 4.79 Å². The molecule has 120 valence electrons. The highest BCUT2D eigenvalue weighted by molar-refractivity contribution is 5.77. The number of carboxylic acids is 1. The molecule has 1 saturated heterocycles. The molecule has 1 heterocycles. The van der Waals surface area contributed by atoms with Crippen LogP contribution >= 0.6 is 0 Å². The number of carbonyl (C=O) groups is 2. The SMILES string of the molecule is CCC1CCCN(C(=O)NC2(CC(=O)O)CCCC2)CC1. The van der Waals surface area contributed by atoms with Gasteiger partial charge in [-0.1, -0.05) is 26.2 Å². The van der Waals surface area contributed by atoms with Gasteiger partial charge in [-0.3, -0.25) is 4.79 Å². The number of aliphatic carboxylic acids is 1.